The lowest BCUT2D eigenvalue weighted by molar-refractivity contribution is 0.0692. The molecule has 2 aliphatic rings. The van der Waals surface area contributed by atoms with Crippen LogP contribution in [0.15, 0.2) is 42.7 Å². The van der Waals surface area contributed by atoms with Gasteiger partial charge in [0, 0.05) is 76.0 Å². The molecule has 0 atom stereocenters. The summed E-state index contributed by atoms with van der Waals surface area (Å²) >= 11 is 0. The van der Waals surface area contributed by atoms with Crippen molar-refractivity contribution in [3.63, 3.8) is 0 Å². The lowest BCUT2D eigenvalue weighted by Gasteiger charge is -2.39. The summed E-state index contributed by atoms with van der Waals surface area (Å²) in [6.07, 6.45) is 3.91. The largest absolute Gasteiger partial charge is 0.336 e. The molecule has 8 nitrogen and oxygen atoms in total. The van der Waals surface area contributed by atoms with Crippen LogP contribution < -0.4 is 0 Å². The van der Waals surface area contributed by atoms with Crippen LogP contribution in [0, 0.1) is 6.92 Å². The van der Waals surface area contributed by atoms with E-state index in [-0.39, 0.29) is 5.91 Å². The maximum absolute atomic E-state index is 13.1. The van der Waals surface area contributed by atoms with Gasteiger partial charge in [-0.25, -0.2) is 0 Å². The van der Waals surface area contributed by atoms with Crippen LogP contribution in [-0.4, -0.2) is 96.7 Å². The summed E-state index contributed by atoms with van der Waals surface area (Å²) in [6, 6.07) is 9.61. The van der Waals surface area contributed by atoms with Gasteiger partial charge in [0.2, 0.25) is 0 Å². The minimum Gasteiger partial charge on any atom is -0.336 e. The van der Waals surface area contributed by atoms with Crippen LogP contribution in [-0.2, 0) is 10.2 Å². The van der Waals surface area contributed by atoms with E-state index in [1.807, 2.05) is 61.3 Å². The number of carbonyl (C=O) groups excluding carboxylic acids is 1. The van der Waals surface area contributed by atoms with Crippen molar-refractivity contribution in [2.75, 3.05) is 59.4 Å². The van der Waals surface area contributed by atoms with Crippen LogP contribution in [0.5, 0.6) is 0 Å². The van der Waals surface area contributed by atoms with E-state index in [9.17, 15) is 13.2 Å². The maximum Gasteiger partial charge on any atom is 0.282 e. The molecule has 2 aromatic rings. The second-order valence-electron chi connectivity index (χ2n) is 7.99. The SMILES string of the molecule is Cc1ccc(C(=O)N2CCN(S(=O)(=O)N3CCN(C)CC3)CC2)cc1-n1cccc1. The Hall–Kier alpha value is -2.20. The number of nitrogens with zero attached hydrogens (tertiary/aromatic N) is 5. The molecule has 0 aliphatic carbocycles. The number of aromatic nitrogens is 1. The first-order chi connectivity index (χ1) is 14.4. The van der Waals surface area contributed by atoms with E-state index in [2.05, 4.69) is 4.90 Å². The van der Waals surface area contributed by atoms with Crippen LogP contribution in [0.25, 0.3) is 5.69 Å². The fourth-order valence-corrected chi connectivity index (χ4v) is 5.58. The molecule has 162 valence electrons. The van der Waals surface area contributed by atoms with Gasteiger partial charge in [0.15, 0.2) is 0 Å². The number of hydrogen-bond acceptors (Lipinski definition) is 4. The summed E-state index contributed by atoms with van der Waals surface area (Å²) in [7, 11) is -1.46. The Balaban J connectivity index is 1.42. The zero-order chi connectivity index (χ0) is 21.3. The molecule has 0 unspecified atom stereocenters. The standard InChI is InChI=1S/C21H29N5O3S/c1-18-5-6-19(17-20(18)23-7-3-4-8-23)21(27)24-11-15-26(16-12-24)30(28,29)25-13-9-22(2)10-14-25/h3-8,17H,9-16H2,1-2H3. The van der Waals surface area contributed by atoms with E-state index < -0.39 is 10.2 Å². The lowest BCUT2D eigenvalue weighted by Crippen LogP contribution is -2.57. The number of aryl methyl sites for hydroxylation is 1. The fourth-order valence-electron chi connectivity index (χ4n) is 4.00. The Labute approximate surface area is 178 Å². The first kappa shape index (κ1) is 21.0. The van der Waals surface area contributed by atoms with Crippen molar-refractivity contribution in [3.8, 4) is 5.69 Å². The summed E-state index contributed by atoms with van der Waals surface area (Å²) in [5.41, 5.74) is 2.69. The van der Waals surface area contributed by atoms with Crippen LogP contribution >= 0.6 is 0 Å². The van der Waals surface area contributed by atoms with Gasteiger partial charge < -0.3 is 14.4 Å². The third-order valence-corrected chi connectivity index (χ3v) is 8.01. The third-order valence-electron chi connectivity index (χ3n) is 5.98. The Bertz CT molecular complexity index is 990. The summed E-state index contributed by atoms with van der Waals surface area (Å²) in [6.45, 7) is 6.01. The van der Waals surface area contributed by atoms with Gasteiger partial charge in [-0.1, -0.05) is 6.07 Å². The highest BCUT2D eigenvalue weighted by molar-refractivity contribution is 7.86. The summed E-state index contributed by atoms with van der Waals surface area (Å²) in [5.74, 6) is -0.0555. The summed E-state index contributed by atoms with van der Waals surface area (Å²) < 4.78 is 30.9. The molecule has 30 heavy (non-hydrogen) atoms. The Kier molecular flexibility index (Phi) is 5.97. The molecular formula is C21H29N5O3S. The van der Waals surface area contributed by atoms with Gasteiger partial charge in [0.05, 0.1) is 0 Å². The highest BCUT2D eigenvalue weighted by Gasteiger charge is 2.34. The summed E-state index contributed by atoms with van der Waals surface area (Å²) in [5, 5.41) is 0. The fraction of sp³-hybridized carbons (Fsp3) is 0.476. The average molecular weight is 432 g/mol. The molecule has 1 aromatic heterocycles. The molecule has 3 heterocycles. The highest BCUT2D eigenvalue weighted by Crippen LogP contribution is 2.20. The molecule has 1 aromatic carbocycles. The predicted molar refractivity (Wildman–Crippen MR) is 116 cm³/mol. The first-order valence-electron chi connectivity index (χ1n) is 10.3. The highest BCUT2D eigenvalue weighted by atomic mass is 32.2. The molecule has 1 amide bonds. The van der Waals surface area contributed by atoms with E-state index in [0.717, 1.165) is 24.3 Å². The molecule has 2 saturated heterocycles. The number of rotatable bonds is 4. The van der Waals surface area contributed by atoms with Crippen molar-refractivity contribution < 1.29 is 13.2 Å². The minimum absolute atomic E-state index is 0.0555. The molecule has 0 spiro atoms. The minimum atomic E-state index is -3.47. The molecular weight excluding hydrogens is 402 g/mol. The van der Waals surface area contributed by atoms with Crippen LogP contribution in [0.1, 0.15) is 15.9 Å². The van der Waals surface area contributed by atoms with Gasteiger partial charge in [-0.2, -0.15) is 17.0 Å². The quantitative estimate of drug-likeness (QED) is 0.725. The topological polar surface area (TPSA) is 69.1 Å². The van der Waals surface area contributed by atoms with Gasteiger partial charge in [-0.3, -0.25) is 4.79 Å². The Morgan fingerprint density at radius 3 is 2.03 bits per heavy atom. The molecule has 2 fully saturated rings. The molecule has 4 rings (SSSR count). The van der Waals surface area contributed by atoms with Gasteiger partial charge in [0.1, 0.15) is 0 Å². The molecule has 0 saturated carbocycles. The van der Waals surface area contributed by atoms with Crippen molar-refractivity contribution in [2.24, 2.45) is 0 Å². The van der Waals surface area contributed by atoms with E-state index in [1.54, 1.807) is 9.21 Å². The number of piperazine rings is 2. The predicted octanol–water partition coefficient (Wildman–Crippen LogP) is 1.04. The monoisotopic (exact) mass is 431 g/mol. The first-order valence-corrected chi connectivity index (χ1v) is 11.7. The van der Waals surface area contributed by atoms with Crippen molar-refractivity contribution in [3.05, 3.63) is 53.9 Å². The zero-order valence-electron chi connectivity index (χ0n) is 17.6. The number of hydrogen-bond donors (Lipinski definition) is 0. The number of amides is 1. The van der Waals surface area contributed by atoms with Gasteiger partial charge in [-0.15, -0.1) is 0 Å². The van der Waals surface area contributed by atoms with Gasteiger partial charge >= 0.3 is 0 Å². The molecule has 0 radical (unpaired) electrons. The van der Waals surface area contributed by atoms with Crippen LogP contribution in [0.2, 0.25) is 0 Å². The normalized spacial score (nSPS) is 19.9. The Morgan fingerprint density at radius 1 is 0.867 bits per heavy atom. The lowest BCUT2D eigenvalue weighted by atomic mass is 10.1. The Morgan fingerprint density at radius 2 is 1.43 bits per heavy atom. The van der Waals surface area contributed by atoms with E-state index in [4.69, 9.17) is 0 Å². The second kappa shape index (κ2) is 8.50. The number of benzene rings is 1. The van der Waals surface area contributed by atoms with Crippen molar-refractivity contribution in [2.45, 2.75) is 6.92 Å². The average Bonchev–Trinajstić information content (AvgIpc) is 3.29. The van der Waals surface area contributed by atoms with Crippen LogP contribution in [0.4, 0.5) is 0 Å². The number of likely N-dealkylation sites (N-methyl/N-ethyl adjacent to an activating group) is 1. The molecule has 0 N–H and O–H groups in total. The van der Waals surface area contributed by atoms with E-state index in [0.29, 0.717) is 44.8 Å². The number of carbonyl (C=O) groups is 1. The summed E-state index contributed by atoms with van der Waals surface area (Å²) in [4.78, 5) is 16.9. The van der Waals surface area contributed by atoms with Gasteiger partial charge in [0.25, 0.3) is 16.1 Å². The van der Waals surface area contributed by atoms with E-state index >= 15 is 0 Å². The van der Waals surface area contributed by atoms with E-state index in [1.165, 1.54) is 4.31 Å². The second-order valence-corrected chi connectivity index (χ2v) is 9.92. The zero-order valence-corrected chi connectivity index (χ0v) is 18.4. The molecule has 9 heteroatoms. The third kappa shape index (κ3) is 4.15. The van der Waals surface area contributed by atoms with Crippen LogP contribution in [0.3, 0.4) is 0 Å². The smallest absolute Gasteiger partial charge is 0.282 e. The maximum atomic E-state index is 13.1. The van der Waals surface area contributed by atoms with Crippen molar-refractivity contribution in [1.29, 1.82) is 0 Å². The van der Waals surface area contributed by atoms with Crippen molar-refractivity contribution in [1.82, 2.24) is 23.0 Å². The van der Waals surface area contributed by atoms with Gasteiger partial charge in [-0.05, 0) is 43.8 Å². The molecule has 0 bridgehead atoms. The molecule has 2 aliphatic heterocycles. The van der Waals surface area contributed by atoms with Crippen molar-refractivity contribution >= 4 is 16.1 Å².